The molecule has 0 aliphatic rings. The molecule has 0 amide bonds. The lowest BCUT2D eigenvalue weighted by Gasteiger charge is -2.09. The van der Waals surface area contributed by atoms with Crippen molar-refractivity contribution in [2.24, 2.45) is 0 Å². The molecular formula is C29H24S2. The van der Waals surface area contributed by atoms with Gasteiger partial charge in [0.05, 0.1) is 9.81 Å². The zero-order valence-corrected chi connectivity index (χ0v) is 18.9. The molecule has 31 heavy (non-hydrogen) atoms. The summed E-state index contributed by atoms with van der Waals surface area (Å²) in [7, 11) is 0. The summed E-state index contributed by atoms with van der Waals surface area (Å²) in [6, 6.07) is 42.5. The lowest BCUT2D eigenvalue weighted by molar-refractivity contribution is 1.42. The minimum absolute atomic E-state index is 0.920. The van der Waals surface area contributed by atoms with Crippen LogP contribution in [0.3, 0.4) is 0 Å². The minimum Gasteiger partial charge on any atom is -0.112 e. The molecule has 4 aromatic carbocycles. The van der Waals surface area contributed by atoms with Crippen LogP contribution in [-0.4, -0.2) is 0 Å². The van der Waals surface area contributed by atoms with Crippen molar-refractivity contribution in [3.05, 3.63) is 149 Å². The largest absolute Gasteiger partial charge is 0.112 e. The third kappa shape index (κ3) is 6.54. The fourth-order valence-corrected chi connectivity index (χ4v) is 5.15. The number of hydrogen-bond donors (Lipinski definition) is 0. The van der Waals surface area contributed by atoms with Crippen molar-refractivity contribution in [1.29, 1.82) is 0 Å². The van der Waals surface area contributed by atoms with E-state index in [0.29, 0.717) is 0 Å². The monoisotopic (exact) mass is 436 g/mol. The average molecular weight is 437 g/mol. The van der Waals surface area contributed by atoms with Gasteiger partial charge in [-0.3, -0.25) is 0 Å². The van der Waals surface area contributed by atoms with Gasteiger partial charge in [-0.05, 0) is 22.3 Å². The van der Waals surface area contributed by atoms with Crippen molar-refractivity contribution >= 4 is 33.3 Å². The Morgan fingerprint density at radius 2 is 0.774 bits per heavy atom. The molecular weight excluding hydrogens is 412 g/mol. The second kappa shape index (κ2) is 11.5. The Morgan fingerprint density at radius 3 is 1.13 bits per heavy atom. The van der Waals surface area contributed by atoms with Gasteiger partial charge in [0, 0.05) is 11.5 Å². The van der Waals surface area contributed by atoms with Crippen LogP contribution < -0.4 is 0 Å². The van der Waals surface area contributed by atoms with Crippen LogP contribution >= 0.6 is 23.5 Å². The van der Waals surface area contributed by atoms with E-state index in [1.54, 1.807) is 0 Å². The molecule has 0 unspecified atom stereocenters. The Labute approximate surface area is 193 Å². The SMILES string of the molecule is C(=C(SCc1ccccc1)c1ccccc1)=C(SCc1ccccc1)c1ccccc1. The Kier molecular flexibility index (Phi) is 7.90. The molecule has 0 aliphatic carbocycles. The highest BCUT2D eigenvalue weighted by molar-refractivity contribution is 8.08. The van der Waals surface area contributed by atoms with Crippen LogP contribution in [0.2, 0.25) is 0 Å². The lowest BCUT2D eigenvalue weighted by Crippen LogP contribution is -1.85. The first-order chi connectivity index (χ1) is 15.4. The molecule has 0 aromatic heterocycles. The standard InChI is InChI=1S/C29H24S2/c1-5-13-24(14-6-1)22-30-28(26-17-9-3-10-18-26)21-29(27-19-11-4-12-20-27)31-23-25-15-7-2-8-16-25/h1-20H,22-23H2. The van der Waals surface area contributed by atoms with Gasteiger partial charge in [-0.1, -0.05) is 127 Å². The van der Waals surface area contributed by atoms with Crippen molar-refractivity contribution in [2.45, 2.75) is 11.5 Å². The van der Waals surface area contributed by atoms with Gasteiger partial charge < -0.3 is 0 Å². The normalized spacial score (nSPS) is 10.3. The van der Waals surface area contributed by atoms with E-state index >= 15 is 0 Å². The van der Waals surface area contributed by atoms with Crippen LogP contribution in [0.4, 0.5) is 0 Å². The molecule has 0 radical (unpaired) electrons. The second-order valence-corrected chi connectivity index (χ2v) is 9.04. The van der Waals surface area contributed by atoms with E-state index in [9.17, 15) is 0 Å². The molecule has 0 aliphatic heterocycles. The molecule has 0 saturated carbocycles. The summed E-state index contributed by atoms with van der Waals surface area (Å²) in [4.78, 5) is 2.34. The number of rotatable bonds is 8. The fourth-order valence-electron chi connectivity index (χ4n) is 3.12. The Balaban J connectivity index is 1.72. The van der Waals surface area contributed by atoms with Gasteiger partial charge in [0.15, 0.2) is 0 Å². The van der Waals surface area contributed by atoms with Crippen LogP contribution in [0.5, 0.6) is 0 Å². The van der Waals surface area contributed by atoms with Gasteiger partial charge in [-0.15, -0.1) is 23.5 Å². The van der Waals surface area contributed by atoms with Crippen LogP contribution in [0, 0.1) is 0 Å². The van der Waals surface area contributed by atoms with Crippen molar-refractivity contribution in [3.63, 3.8) is 0 Å². The fraction of sp³-hybridized carbons (Fsp3) is 0.0690. The highest BCUT2D eigenvalue weighted by Gasteiger charge is 2.07. The Bertz CT molecular complexity index is 1040. The van der Waals surface area contributed by atoms with E-state index in [0.717, 1.165) is 11.5 Å². The Hall–Kier alpha value is -2.90. The molecule has 2 heteroatoms. The molecule has 4 rings (SSSR count). The summed E-state index contributed by atoms with van der Waals surface area (Å²) >= 11 is 3.69. The van der Waals surface area contributed by atoms with E-state index in [2.05, 4.69) is 127 Å². The quantitative estimate of drug-likeness (QED) is 0.254. The van der Waals surface area contributed by atoms with E-state index in [1.807, 2.05) is 23.5 Å². The summed E-state index contributed by atoms with van der Waals surface area (Å²) in [6.07, 6.45) is 0. The molecule has 0 nitrogen and oxygen atoms in total. The third-order valence-corrected chi connectivity index (χ3v) is 6.96. The summed E-state index contributed by atoms with van der Waals surface area (Å²) in [5, 5.41) is 0. The molecule has 0 N–H and O–H groups in total. The molecule has 0 heterocycles. The van der Waals surface area contributed by atoms with Crippen LogP contribution in [0.15, 0.2) is 127 Å². The van der Waals surface area contributed by atoms with Crippen molar-refractivity contribution in [3.8, 4) is 0 Å². The van der Waals surface area contributed by atoms with E-state index in [1.165, 1.54) is 32.1 Å². The topological polar surface area (TPSA) is 0 Å². The molecule has 152 valence electrons. The summed E-state index contributed by atoms with van der Waals surface area (Å²) in [5.74, 6) is 1.84. The first kappa shape index (κ1) is 21.3. The van der Waals surface area contributed by atoms with Gasteiger partial charge in [-0.25, -0.2) is 0 Å². The maximum Gasteiger partial charge on any atom is 0.0580 e. The predicted octanol–water partition coefficient (Wildman–Crippen LogP) is 8.53. The van der Waals surface area contributed by atoms with Gasteiger partial charge in [-0.2, -0.15) is 0 Å². The van der Waals surface area contributed by atoms with Crippen LogP contribution in [0.1, 0.15) is 22.3 Å². The maximum absolute atomic E-state index is 3.79. The summed E-state index contributed by atoms with van der Waals surface area (Å²) in [6.45, 7) is 0. The highest BCUT2D eigenvalue weighted by Crippen LogP contribution is 2.35. The molecule has 0 saturated heterocycles. The highest BCUT2D eigenvalue weighted by atomic mass is 32.2. The first-order valence-corrected chi connectivity index (χ1v) is 12.3. The third-order valence-electron chi connectivity index (χ3n) is 4.75. The zero-order valence-electron chi connectivity index (χ0n) is 17.3. The van der Waals surface area contributed by atoms with E-state index in [4.69, 9.17) is 0 Å². The summed E-state index contributed by atoms with van der Waals surface area (Å²) in [5.41, 5.74) is 8.84. The van der Waals surface area contributed by atoms with Crippen LogP contribution in [0.25, 0.3) is 9.81 Å². The summed E-state index contributed by atoms with van der Waals surface area (Å²) < 4.78 is 0. The van der Waals surface area contributed by atoms with Gasteiger partial charge in [0.1, 0.15) is 0 Å². The number of benzene rings is 4. The smallest absolute Gasteiger partial charge is 0.0580 e. The van der Waals surface area contributed by atoms with E-state index in [-0.39, 0.29) is 0 Å². The first-order valence-electron chi connectivity index (χ1n) is 10.3. The second-order valence-electron chi connectivity index (χ2n) is 7.06. The van der Waals surface area contributed by atoms with Crippen molar-refractivity contribution in [2.75, 3.05) is 0 Å². The minimum atomic E-state index is 0.920. The molecule has 4 aromatic rings. The lowest BCUT2D eigenvalue weighted by atomic mass is 10.2. The van der Waals surface area contributed by atoms with Gasteiger partial charge in [0.25, 0.3) is 0 Å². The Morgan fingerprint density at radius 1 is 0.452 bits per heavy atom. The van der Waals surface area contributed by atoms with Gasteiger partial charge >= 0.3 is 0 Å². The van der Waals surface area contributed by atoms with Gasteiger partial charge in [0.2, 0.25) is 0 Å². The number of thioether (sulfide) groups is 2. The molecule has 0 spiro atoms. The predicted molar refractivity (Wildman–Crippen MR) is 139 cm³/mol. The van der Waals surface area contributed by atoms with E-state index < -0.39 is 0 Å². The van der Waals surface area contributed by atoms with Crippen molar-refractivity contribution < 1.29 is 0 Å². The molecule has 0 atom stereocenters. The molecule has 0 bridgehead atoms. The molecule has 0 fully saturated rings. The average Bonchev–Trinajstić information content (AvgIpc) is 2.86. The zero-order chi connectivity index (χ0) is 21.1. The van der Waals surface area contributed by atoms with Crippen molar-refractivity contribution in [1.82, 2.24) is 0 Å². The number of hydrogen-bond acceptors (Lipinski definition) is 2. The maximum atomic E-state index is 3.79. The van der Waals surface area contributed by atoms with Crippen LogP contribution in [-0.2, 0) is 11.5 Å².